The third-order valence-electron chi connectivity index (χ3n) is 3.73. The number of sulfonamides is 1. The second kappa shape index (κ2) is 6.25. The zero-order chi connectivity index (χ0) is 17.4. The van der Waals surface area contributed by atoms with Crippen LogP contribution in [0.5, 0.6) is 11.5 Å². The van der Waals surface area contributed by atoms with Gasteiger partial charge in [-0.05, 0) is 36.8 Å². The number of aliphatic hydroxyl groups is 1. The third-order valence-corrected chi connectivity index (χ3v) is 5.63. The van der Waals surface area contributed by atoms with Crippen molar-refractivity contribution >= 4 is 21.6 Å². The monoisotopic (exact) mass is 369 g/mol. The Hall–Kier alpha value is -1.80. The van der Waals surface area contributed by atoms with Crippen molar-refractivity contribution in [1.29, 1.82) is 0 Å². The fraction of sp³-hybridized carbons (Fsp3) is 0.250. The van der Waals surface area contributed by atoms with E-state index in [0.29, 0.717) is 17.1 Å². The number of fused-ring (bicyclic) bond motifs is 1. The second-order valence-corrected chi connectivity index (χ2v) is 7.74. The average molecular weight is 370 g/mol. The molecule has 2 aromatic carbocycles. The quantitative estimate of drug-likeness (QED) is 0.844. The van der Waals surface area contributed by atoms with E-state index >= 15 is 0 Å². The minimum atomic E-state index is -3.84. The highest BCUT2D eigenvalue weighted by Crippen LogP contribution is 2.35. The normalized spacial score (nSPS) is 16.0. The van der Waals surface area contributed by atoms with E-state index in [9.17, 15) is 13.5 Å². The molecule has 1 unspecified atom stereocenters. The molecule has 1 aliphatic heterocycles. The molecule has 3 rings (SSSR count). The zero-order valence-electron chi connectivity index (χ0n) is 12.8. The molecule has 6 nitrogen and oxygen atoms in total. The third kappa shape index (κ3) is 3.34. The minimum Gasteiger partial charge on any atom is -0.454 e. The van der Waals surface area contributed by atoms with Gasteiger partial charge in [0.05, 0.1) is 5.02 Å². The molecule has 0 fully saturated rings. The van der Waals surface area contributed by atoms with E-state index < -0.39 is 15.6 Å². The maximum atomic E-state index is 12.4. The van der Waals surface area contributed by atoms with Crippen LogP contribution in [0.1, 0.15) is 12.5 Å². The van der Waals surface area contributed by atoms with Crippen LogP contribution in [0.2, 0.25) is 5.02 Å². The summed E-state index contributed by atoms with van der Waals surface area (Å²) >= 11 is 5.93. The lowest BCUT2D eigenvalue weighted by Crippen LogP contribution is -2.38. The van der Waals surface area contributed by atoms with Gasteiger partial charge in [0.15, 0.2) is 11.5 Å². The fourth-order valence-corrected chi connectivity index (χ4v) is 3.96. The number of rotatable bonds is 5. The molecule has 128 valence electrons. The Bertz CT molecular complexity index is 867. The molecule has 0 bridgehead atoms. The summed E-state index contributed by atoms with van der Waals surface area (Å²) in [5, 5.41) is 10.8. The first-order valence-electron chi connectivity index (χ1n) is 7.16. The van der Waals surface area contributed by atoms with Gasteiger partial charge in [-0.2, -0.15) is 0 Å². The van der Waals surface area contributed by atoms with Crippen LogP contribution in [0.4, 0.5) is 0 Å². The van der Waals surface area contributed by atoms with E-state index in [1.54, 1.807) is 30.3 Å². The molecule has 0 aliphatic carbocycles. The van der Waals surface area contributed by atoms with Crippen molar-refractivity contribution < 1.29 is 23.0 Å². The highest BCUT2D eigenvalue weighted by Gasteiger charge is 2.29. The van der Waals surface area contributed by atoms with E-state index in [1.165, 1.54) is 19.1 Å². The lowest BCUT2D eigenvalue weighted by atomic mass is 9.96. The molecular weight excluding hydrogens is 354 g/mol. The molecular formula is C16H16ClNO5S. The largest absolute Gasteiger partial charge is 0.454 e. The van der Waals surface area contributed by atoms with E-state index in [1.807, 2.05) is 0 Å². The lowest BCUT2D eigenvalue weighted by Gasteiger charge is -2.24. The van der Waals surface area contributed by atoms with E-state index in [4.69, 9.17) is 21.1 Å². The van der Waals surface area contributed by atoms with Gasteiger partial charge in [0, 0.05) is 6.54 Å². The summed E-state index contributed by atoms with van der Waals surface area (Å²) in [5.41, 5.74) is -0.927. The smallest absolute Gasteiger partial charge is 0.242 e. The number of nitrogens with one attached hydrogen (secondary N) is 1. The van der Waals surface area contributed by atoms with Crippen molar-refractivity contribution in [1.82, 2.24) is 4.72 Å². The van der Waals surface area contributed by atoms with Crippen molar-refractivity contribution in [2.24, 2.45) is 0 Å². The van der Waals surface area contributed by atoms with Gasteiger partial charge in [-0.25, -0.2) is 13.1 Å². The first-order valence-corrected chi connectivity index (χ1v) is 9.02. The van der Waals surface area contributed by atoms with E-state index in [-0.39, 0.29) is 23.3 Å². The summed E-state index contributed by atoms with van der Waals surface area (Å²) in [5.74, 6) is 1.10. The molecule has 1 heterocycles. The van der Waals surface area contributed by atoms with Crippen LogP contribution in [0.15, 0.2) is 47.4 Å². The van der Waals surface area contributed by atoms with Crippen molar-refractivity contribution in [3.05, 3.63) is 53.1 Å². The Morgan fingerprint density at radius 3 is 2.67 bits per heavy atom. The fourth-order valence-electron chi connectivity index (χ4n) is 2.31. The molecule has 2 aromatic rings. The molecule has 0 saturated heterocycles. The number of hydrogen-bond acceptors (Lipinski definition) is 5. The number of ether oxygens (including phenoxy) is 2. The Labute approximate surface area is 145 Å². The summed E-state index contributed by atoms with van der Waals surface area (Å²) < 4.78 is 37.6. The highest BCUT2D eigenvalue weighted by atomic mass is 35.5. The zero-order valence-corrected chi connectivity index (χ0v) is 14.4. The van der Waals surface area contributed by atoms with Gasteiger partial charge in [-0.3, -0.25) is 0 Å². The summed E-state index contributed by atoms with van der Waals surface area (Å²) in [6, 6.07) is 11.1. The molecule has 0 spiro atoms. The van der Waals surface area contributed by atoms with Crippen molar-refractivity contribution in [3.63, 3.8) is 0 Å². The molecule has 24 heavy (non-hydrogen) atoms. The first kappa shape index (κ1) is 17.0. The average Bonchev–Trinajstić information content (AvgIpc) is 3.01. The van der Waals surface area contributed by atoms with Gasteiger partial charge in [-0.1, -0.05) is 29.8 Å². The molecule has 0 aromatic heterocycles. The molecule has 2 N–H and O–H groups in total. The second-order valence-electron chi connectivity index (χ2n) is 5.60. The van der Waals surface area contributed by atoms with Crippen molar-refractivity contribution in [3.8, 4) is 11.5 Å². The topological polar surface area (TPSA) is 84.9 Å². The Morgan fingerprint density at radius 2 is 1.92 bits per heavy atom. The minimum absolute atomic E-state index is 0.0341. The highest BCUT2D eigenvalue weighted by molar-refractivity contribution is 7.89. The number of benzene rings is 2. The number of halogens is 1. The Kier molecular flexibility index (Phi) is 4.44. The van der Waals surface area contributed by atoms with Crippen molar-refractivity contribution in [2.45, 2.75) is 17.4 Å². The van der Waals surface area contributed by atoms with Gasteiger partial charge in [-0.15, -0.1) is 0 Å². The maximum absolute atomic E-state index is 12.4. The summed E-state index contributed by atoms with van der Waals surface area (Å²) in [4.78, 5) is -0.0341. The van der Waals surface area contributed by atoms with Gasteiger partial charge in [0.25, 0.3) is 0 Å². The van der Waals surface area contributed by atoms with Gasteiger partial charge in [0.2, 0.25) is 16.8 Å². The molecule has 0 amide bonds. The van der Waals surface area contributed by atoms with Crippen LogP contribution in [0, 0.1) is 0 Å². The predicted octanol–water partition coefficient (Wildman–Crippen LogP) is 2.25. The first-order chi connectivity index (χ1) is 11.3. The van der Waals surface area contributed by atoms with Gasteiger partial charge in [0.1, 0.15) is 10.5 Å². The van der Waals surface area contributed by atoms with E-state index in [2.05, 4.69) is 4.72 Å². The standard InChI is InChI=1S/C16H16ClNO5S/c1-16(19,11-6-7-13-14(8-11)23-10-22-13)9-18-24(20,21)15-5-3-2-4-12(15)17/h2-8,18-19H,9-10H2,1H3. The van der Waals surface area contributed by atoms with Gasteiger partial charge >= 0.3 is 0 Å². The van der Waals surface area contributed by atoms with Crippen molar-refractivity contribution in [2.75, 3.05) is 13.3 Å². The van der Waals surface area contributed by atoms with E-state index in [0.717, 1.165) is 0 Å². The van der Waals surface area contributed by atoms with Crippen LogP contribution in [-0.2, 0) is 15.6 Å². The lowest BCUT2D eigenvalue weighted by molar-refractivity contribution is 0.0625. The predicted molar refractivity (Wildman–Crippen MR) is 88.8 cm³/mol. The van der Waals surface area contributed by atoms with Crippen LogP contribution in [0.25, 0.3) is 0 Å². The molecule has 0 saturated carbocycles. The molecule has 0 radical (unpaired) electrons. The summed E-state index contributed by atoms with van der Waals surface area (Å²) in [7, 11) is -3.84. The van der Waals surface area contributed by atoms with Crippen LogP contribution in [-0.4, -0.2) is 26.9 Å². The van der Waals surface area contributed by atoms with Crippen LogP contribution < -0.4 is 14.2 Å². The SMILES string of the molecule is CC(O)(CNS(=O)(=O)c1ccccc1Cl)c1ccc2c(c1)OCO2. The molecule has 8 heteroatoms. The summed E-state index contributed by atoms with van der Waals surface area (Å²) in [6.45, 7) is 1.42. The summed E-state index contributed by atoms with van der Waals surface area (Å²) in [6.07, 6.45) is 0. The maximum Gasteiger partial charge on any atom is 0.242 e. The van der Waals surface area contributed by atoms with Gasteiger partial charge < -0.3 is 14.6 Å². The Balaban J connectivity index is 1.79. The molecule has 1 atom stereocenters. The molecule has 1 aliphatic rings. The van der Waals surface area contributed by atoms with Crippen LogP contribution >= 0.6 is 11.6 Å². The Morgan fingerprint density at radius 1 is 1.21 bits per heavy atom. The van der Waals surface area contributed by atoms with Crippen LogP contribution in [0.3, 0.4) is 0 Å². The number of hydrogen-bond donors (Lipinski definition) is 2.